The molecule has 0 spiro atoms. The molecule has 0 bridgehead atoms. The van der Waals surface area contributed by atoms with E-state index in [-0.39, 0.29) is 12.2 Å². The lowest BCUT2D eigenvalue weighted by molar-refractivity contribution is -0.149. The summed E-state index contributed by atoms with van der Waals surface area (Å²) in [5.41, 5.74) is 1.97. The van der Waals surface area contributed by atoms with Crippen LogP contribution in [-0.4, -0.2) is 21.3 Å². The molecule has 82 valence electrons. The number of fused-ring (bicyclic) bond motifs is 3. The van der Waals surface area contributed by atoms with Crippen molar-refractivity contribution in [1.29, 1.82) is 0 Å². The fraction of sp³-hybridized carbons (Fsp3) is 0.273. The monoisotopic (exact) mass is 234 g/mol. The van der Waals surface area contributed by atoms with E-state index in [1.54, 1.807) is 11.8 Å². The molecule has 2 heterocycles. The van der Waals surface area contributed by atoms with Crippen LogP contribution >= 0.6 is 11.8 Å². The molecule has 5 heteroatoms. The molecule has 0 radical (unpaired) electrons. The number of ether oxygens (including phenoxy) is 1. The van der Waals surface area contributed by atoms with Gasteiger partial charge in [-0.1, -0.05) is 23.9 Å². The zero-order chi connectivity index (χ0) is 11.1. The Hall–Kier alpha value is -1.49. The van der Waals surface area contributed by atoms with Gasteiger partial charge in [0.2, 0.25) is 0 Å². The highest BCUT2D eigenvalue weighted by Gasteiger charge is 2.28. The Labute approximate surface area is 96.6 Å². The molecule has 0 N–H and O–H groups in total. The SMILES string of the molecule is CC(=O)OC1CSc2nc3ccccc3n21. The topological polar surface area (TPSA) is 44.1 Å². The van der Waals surface area contributed by atoms with E-state index in [0.717, 1.165) is 21.9 Å². The summed E-state index contributed by atoms with van der Waals surface area (Å²) in [6.07, 6.45) is -0.218. The number of hydrogen-bond donors (Lipinski definition) is 0. The quantitative estimate of drug-likeness (QED) is 0.709. The minimum atomic E-state index is -0.253. The fourth-order valence-corrected chi connectivity index (χ4v) is 2.93. The van der Waals surface area contributed by atoms with Crippen LogP contribution in [-0.2, 0) is 9.53 Å². The average molecular weight is 234 g/mol. The van der Waals surface area contributed by atoms with Crippen LogP contribution in [0.2, 0.25) is 0 Å². The maximum atomic E-state index is 11.0. The van der Waals surface area contributed by atoms with Crippen molar-refractivity contribution >= 4 is 28.8 Å². The smallest absolute Gasteiger partial charge is 0.304 e. The number of thioether (sulfide) groups is 1. The molecule has 1 atom stereocenters. The normalized spacial score (nSPS) is 18.7. The van der Waals surface area contributed by atoms with Gasteiger partial charge >= 0.3 is 5.97 Å². The number of nitrogens with zero attached hydrogens (tertiary/aromatic N) is 2. The molecule has 1 aliphatic heterocycles. The van der Waals surface area contributed by atoms with E-state index in [0.29, 0.717) is 0 Å². The molecule has 0 fully saturated rings. The number of imidazole rings is 1. The summed E-state index contributed by atoms with van der Waals surface area (Å²) >= 11 is 1.62. The highest BCUT2D eigenvalue weighted by Crippen LogP contribution is 2.37. The lowest BCUT2D eigenvalue weighted by atomic mass is 10.3. The molecule has 0 saturated heterocycles. The Kier molecular flexibility index (Phi) is 2.14. The third-order valence-corrected chi connectivity index (χ3v) is 3.51. The van der Waals surface area contributed by atoms with Crippen LogP contribution in [0.5, 0.6) is 0 Å². The predicted molar refractivity (Wildman–Crippen MR) is 61.3 cm³/mol. The number of esters is 1. The Morgan fingerprint density at radius 2 is 2.38 bits per heavy atom. The summed E-state index contributed by atoms with van der Waals surface area (Å²) in [5, 5.41) is 0.924. The van der Waals surface area contributed by atoms with E-state index in [4.69, 9.17) is 4.74 Å². The zero-order valence-corrected chi connectivity index (χ0v) is 9.53. The molecular formula is C11H10N2O2S. The molecule has 1 aliphatic rings. The second kappa shape index (κ2) is 3.52. The molecule has 1 unspecified atom stereocenters. The second-order valence-corrected chi connectivity index (χ2v) is 4.62. The third kappa shape index (κ3) is 1.39. The van der Waals surface area contributed by atoms with Gasteiger partial charge in [-0.05, 0) is 12.1 Å². The van der Waals surface area contributed by atoms with Gasteiger partial charge in [-0.25, -0.2) is 4.98 Å². The van der Waals surface area contributed by atoms with Crippen LogP contribution in [0.4, 0.5) is 0 Å². The number of hydrogen-bond acceptors (Lipinski definition) is 4. The zero-order valence-electron chi connectivity index (χ0n) is 8.71. The summed E-state index contributed by atoms with van der Waals surface area (Å²) < 4.78 is 7.25. The van der Waals surface area contributed by atoms with Gasteiger partial charge in [0.05, 0.1) is 16.8 Å². The molecule has 4 nitrogen and oxygen atoms in total. The first kappa shape index (κ1) is 9.72. The van der Waals surface area contributed by atoms with Crippen LogP contribution in [0.1, 0.15) is 13.2 Å². The molecule has 0 aliphatic carbocycles. The van der Waals surface area contributed by atoms with Crippen molar-refractivity contribution in [2.24, 2.45) is 0 Å². The van der Waals surface area contributed by atoms with Crippen molar-refractivity contribution in [3.05, 3.63) is 24.3 Å². The van der Waals surface area contributed by atoms with E-state index >= 15 is 0 Å². The van der Waals surface area contributed by atoms with E-state index in [1.165, 1.54) is 6.92 Å². The summed E-state index contributed by atoms with van der Waals surface area (Å²) in [5.74, 6) is 0.489. The number of benzene rings is 1. The highest BCUT2D eigenvalue weighted by molar-refractivity contribution is 7.99. The Morgan fingerprint density at radius 3 is 3.19 bits per heavy atom. The van der Waals surface area contributed by atoms with Crippen molar-refractivity contribution in [3.63, 3.8) is 0 Å². The first-order valence-electron chi connectivity index (χ1n) is 5.02. The van der Waals surface area contributed by atoms with Crippen molar-refractivity contribution in [2.45, 2.75) is 18.3 Å². The van der Waals surface area contributed by atoms with E-state index < -0.39 is 0 Å². The number of para-hydroxylation sites is 2. The molecule has 2 aromatic rings. The molecule has 1 aromatic heterocycles. The van der Waals surface area contributed by atoms with Crippen molar-refractivity contribution in [1.82, 2.24) is 9.55 Å². The molecule has 0 saturated carbocycles. The van der Waals surface area contributed by atoms with Crippen LogP contribution < -0.4 is 0 Å². The Morgan fingerprint density at radius 1 is 1.56 bits per heavy atom. The summed E-state index contributed by atoms with van der Waals surface area (Å²) in [6.45, 7) is 1.43. The molecule has 3 rings (SSSR count). The van der Waals surface area contributed by atoms with Gasteiger partial charge in [0, 0.05) is 6.92 Å². The average Bonchev–Trinajstić information content (AvgIpc) is 2.77. The summed E-state index contributed by atoms with van der Waals surface area (Å²) in [4.78, 5) is 15.5. The molecule has 16 heavy (non-hydrogen) atoms. The van der Waals surface area contributed by atoms with Gasteiger partial charge in [-0.15, -0.1) is 0 Å². The number of carbonyl (C=O) groups is 1. The molecule has 1 aromatic carbocycles. The van der Waals surface area contributed by atoms with Crippen LogP contribution in [0.15, 0.2) is 29.4 Å². The van der Waals surface area contributed by atoms with Crippen LogP contribution in [0.25, 0.3) is 11.0 Å². The minimum absolute atomic E-state index is 0.218. The molecular weight excluding hydrogens is 224 g/mol. The Balaban J connectivity index is 2.12. The highest BCUT2D eigenvalue weighted by atomic mass is 32.2. The van der Waals surface area contributed by atoms with E-state index in [9.17, 15) is 4.79 Å². The summed E-state index contributed by atoms with van der Waals surface area (Å²) in [6, 6.07) is 7.88. The van der Waals surface area contributed by atoms with E-state index in [1.807, 2.05) is 28.8 Å². The number of aromatic nitrogens is 2. The predicted octanol–water partition coefficient (Wildman–Crippen LogP) is 2.20. The van der Waals surface area contributed by atoms with Gasteiger partial charge in [0.25, 0.3) is 0 Å². The van der Waals surface area contributed by atoms with Gasteiger partial charge < -0.3 is 4.74 Å². The van der Waals surface area contributed by atoms with E-state index in [2.05, 4.69) is 4.98 Å². The van der Waals surface area contributed by atoms with Crippen molar-refractivity contribution in [3.8, 4) is 0 Å². The van der Waals surface area contributed by atoms with Crippen LogP contribution in [0.3, 0.4) is 0 Å². The second-order valence-electron chi connectivity index (χ2n) is 3.63. The third-order valence-electron chi connectivity index (χ3n) is 2.51. The van der Waals surface area contributed by atoms with Gasteiger partial charge in [0.15, 0.2) is 11.4 Å². The van der Waals surface area contributed by atoms with Crippen molar-refractivity contribution in [2.75, 3.05) is 5.75 Å². The largest absolute Gasteiger partial charge is 0.440 e. The van der Waals surface area contributed by atoms with Crippen LogP contribution in [0, 0.1) is 0 Å². The lowest BCUT2D eigenvalue weighted by Crippen LogP contribution is -2.13. The van der Waals surface area contributed by atoms with Gasteiger partial charge in [-0.3, -0.25) is 9.36 Å². The number of carbonyl (C=O) groups excluding carboxylic acids is 1. The maximum absolute atomic E-state index is 11.0. The first-order valence-corrected chi connectivity index (χ1v) is 6.01. The maximum Gasteiger partial charge on any atom is 0.304 e. The molecule has 0 amide bonds. The number of rotatable bonds is 1. The standard InChI is InChI=1S/C11H10N2O2S/c1-7(14)15-10-6-16-11-12-8-4-2-3-5-9(8)13(10)11/h2-5,10H,6H2,1H3. The lowest BCUT2D eigenvalue weighted by Gasteiger charge is -2.12. The Bertz CT molecular complexity index is 564. The van der Waals surface area contributed by atoms with Crippen molar-refractivity contribution < 1.29 is 9.53 Å². The fourth-order valence-electron chi connectivity index (χ4n) is 1.90. The van der Waals surface area contributed by atoms with Gasteiger partial charge in [-0.2, -0.15) is 0 Å². The van der Waals surface area contributed by atoms with Gasteiger partial charge in [0.1, 0.15) is 0 Å². The summed E-state index contributed by atoms with van der Waals surface area (Å²) in [7, 11) is 0. The first-order chi connectivity index (χ1) is 7.75. The minimum Gasteiger partial charge on any atom is -0.440 e.